The fraction of sp³-hybridized carbons (Fsp3) is 0.381. The fourth-order valence-corrected chi connectivity index (χ4v) is 7.55. The van der Waals surface area contributed by atoms with Gasteiger partial charge in [0.2, 0.25) is 0 Å². The van der Waals surface area contributed by atoms with Crippen LogP contribution in [0.1, 0.15) is 52.2 Å². The summed E-state index contributed by atoms with van der Waals surface area (Å²) in [5, 5.41) is 0. The zero-order chi connectivity index (χ0) is 16.0. The van der Waals surface area contributed by atoms with Crippen LogP contribution in [0.15, 0.2) is 53.6 Å². The first-order valence-corrected chi connectivity index (χ1v) is 10.6. The second-order valence-electron chi connectivity index (χ2n) is 7.64. The van der Waals surface area contributed by atoms with Crippen LogP contribution in [0.2, 0.25) is 0 Å². The number of hydrogen-bond acceptors (Lipinski definition) is 0. The zero-order valence-electron chi connectivity index (χ0n) is 15.1. The van der Waals surface area contributed by atoms with Crippen molar-refractivity contribution >= 4 is 34.1 Å². The third-order valence-electron chi connectivity index (χ3n) is 4.59. The minimum atomic E-state index is -0.690. The molecule has 0 saturated carbocycles. The number of fused-ring (bicyclic) bond motifs is 1. The van der Waals surface area contributed by atoms with Crippen LogP contribution < -0.4 is 0 Å². The molecule has 0 aromatic heterocycles. The summed E-state index contributed by atoms with van der Waals surface area (Å²) in [7, 11) is 0. The van der Waals surface area contributed by atoms with Crippen molar-refractivity contribution in [3.05, 3.63) is 64.8 Å². The predicted molar refractivity (Wildman–Crippen MR) is 108 cm³/mol. The molecule has 1 aromatic carbocycles. The van der Waals surface area contributed by atoms with Gasteiger partial charge < -0.3 is 0 Å². The maximum atomic E-state index is 2.52. The van der Waals surface area contributed by atoms with Gasteiger partial charge in [0.15, 0.2) is 0 Å². The van der Waals surface area contributed by atoms with E-state index in [1.54, 1.807) is 14.3 Å². The molecule has 0 heterocycles. The quantitative estimate of drug-likeness (QED) is 0.502. The van der Waals surface area contributed by atoms with Crippen molar-refractivity contribution in [3.8, 4) is 0 Å². The molecule has 0 fully saturated rings. The number of hydrogen-bond donors (Lipinski definition) is 0. The number of benzene rings is 1. The third kappa shape index (κ3) is 3.95. The van der Waals surface area contributed by atoms with E-state index >= 15 is 0 Å². The van der Waals surface area contributed by atoms with Gasteiger partial charge in [-0.25, -0.2) is 0 Å². The summed E-state index contributed by atoms with van der Waals surface area (Å²) in [6.07, 6.45) is 11.0. The molecule has 3 heteroatoms. The molecule has 1 unspecified atom stereocenters. The standard InChI is InChI=1S/C18H19.C3H6.2ClH.Zr/c1-18(2,3)15-10-8-14(12-15)17-11-9-13-6-4-5-7-16(13)17;1-3-2;;;/h4-7,9-12H,8H2,1-3H3;1-2H3;2*1H;. The topological polar surface area (TPSA) is 0 Å². The van der Waals surface area contributed by atoms with E-state index in [0.29, 0.717) is 0 Å². The monoisotopic (exact) mass is 439 g/mol. The molecule has 0 amide bonds. The SMILES string of the molecule is C[C](C)=[Zr][C]1(C2=CC(C(C)(C)C)=CC2)C=Cc2ccccc21.Cl.Cl. The van der Waals surface area contributed by atoms with E-state index in [1.807, 2.05) is 0 Å². The molecular formula is C21H27Cl2Zr. The Bertz CT molecular complexity index is 728. The zero-order valence-corrected chi connectivity index (χ0v) is 19.2. The Morgan fingerprint density at radius 2 is 1.75 bits per heavy atom. The molecule has 2 aliphatic carbocycles. The Labute approximate surface area is 170 Å². The molecule has 0 saturated heterocycles. The van der Waals surface area contributed by atoms with E-state index in [9.17, 15) is 0 Å². The maximum absolute atomic E-state index is 2.52. The first kappa shape index (κ1) is 21.8. The van der Waals surface area contributed by atoms with E-state index < -0.39 is 22.8 Å². The van der Waals surface area contributed by atoms with Gasteiger partial charge in [0, 0.05) is 0 Å². The molecule has 0 radical (unpaired) electrons. The molecule has 1 aromatic rings. The maximum Gasteiger partial charge on any atom is -0.147 e. The van der Waals surface area contributed by atoms with Gasteiger partial charge in [-0.05, 0) is 0 Å². The Morgan fingerprint density at radius 3 is 2.33 bits per heavy atom. The first-order chi connectivity index (χ1) is 10.3. The molecule has 0 bridgehead atoms. The second-order valence-corrected chi connectivity index (χ2v) is 12.6. The van der Waals surface area contributed by atoms with Crippen LogP contribution in [-0.2, 0) is 25.9 Å². The summed E-state index contributed by atoms with van der Waals surface area (Å²) in [6.45, 7) is 11.6. The molecule has 24 heavy (non-hydrogen) atoms. The van der Waals surface area contributed by atoms with Gasteiger partial charge in [-0.15, -0.1) is 24.8 Å². The molecule has 129 valence electrons. The van der Waals surface area contributed by atoms with Crippen molar-refractivity contribution in [2.24, 2.45) is 5.41 Å². The largest absolute Gasteiger partial charge is 0.147 e. The number of halogens is 2. The van der Waals surface area contributed by atoms with Gasteiger partial charge in [-0.2, -0.15) is 0 Å². The summed E-state index contributed by atoms with van der Waals surface area (Å²) in [4.78, 5) is 0. The summed E-state index contributed by atoms with van der Waals surface area (Å²) in [5.41, 5.74) is 6.37. The third-order valence-corrected chi connectivity index (χ3v) is 8.65. The second kappa shape index (κ2) is 7.98. The van der Waals surface area contributed by atoms with Gasteiger partial charge in [-0.1, -0.05) is 0 Å². The minimum absolute atomic E-state index is 0. The Balaban J connectivity index is 0.00000144. The van der Waals surface area contributed by atoms with Crippen molar-refractivity contribution in [2.75, 3.05) is 0 Å². The van der Waals surface area contributed by atoms with Gasteiger partial charge in [-0.3, -0.25) is 0 Å². The van der Waals surface area contributed by atoms with E-state index in [4.69, 9.17) is 0 Å². The van der Waals surface area contributed by atoms with Crippen LogP contribution in [-0.4, -0.2) is 3.21 Å². The van der Waals surface area contributed by atoms with Gasteiger partial charge >= 0.3 is 146 Å². The molecule has 0 N–H and O–H groups in total. The van der Waals surface area contributed by atoms with E-state index in [1.165, 1.54) is 11.1 Å². The summed E-state index contributed by atoms with van der Waals surface area (Å²) in [6, 6.07) is 8.99. The molecule has 1 atom stereocenters. The summed E-state index contributed by atoms with van der Waals surface area (Å²) < 4.78 is 1.90. The van der Waals surface area contributed by atoms with Crippen molar-refractivity contribution in [1.82, 2.24) is 0 Å². The molecule has 0 spiro atoms. The molecule has 0 nitrogen and oxygen atoms in total. The first-order valence-electron chi connectivity index (χ1n) is 8.12. The fourth-order valence-electron chi connectivity index (χ4n) is 3.49. The van der Waals surface area contributed by atoms with Gasteiger partial charge in [0.1, 0.15) is 0 Å². The van der Waals surface area contributed by atoms with E-state index in [-0.39, 0.29) is 33.4 Å². The van der Waals surface area contributed by atoms with Crippen LogP contribution in [0.3, 0.4) is 0 Å². The number of allylic oxidation sites excluding steroid dienone is 5. The van der Waals surface area contributed by atoms with E-state index in [0.717, 1.165) is 6.42 Å². The van der Waals surface area contributed by atoms with Gasteiger partial charge in [0.25, 0.3) is 0 Å². The van der Waals surface area contributed by atoms with Gasteiger partial charge in [0.05, 0.1) is 0 Å². The summed E-state index contributed by atoms with van der Waals surface area (Å²) in [5.74, 6) is 0. The van der Waals surface area contributed by atoms with Crippen LogP contribution >= 0.6 is 24.8 Å². The van der Waals surface area contributed by atoms with Crippen molar-refractivity contribution < 1.29 is 22.8 Å². The van der Waals surface area contributed by atoms with Crippen molar-refractivity contribution in [2.45, 2.75) is 44.2 Å². The average Bonchev–Trinajstić information content (AvgIpc) is 3.04. The molecular weight excluding hydrogens is 414 g/mol. The normalized spacial score (nSPS) is 21.0. The molecule has 2 aliphatic rings. The average molecular weight is 442 g/mol. The van der Waals surface area contributed by atoms with E-state index in [2.05, 4.69) is 83.2 Å². The Kier molecular flexibility index (Phi) is 7.26. The number of rotatable bonds is 2. The van der Waals surface area contributed by atoms with Crippen LogP contribution in [0.4, 0.5) is 0 Å². The summed E-state index contributed by atoms with van der Waals surface area (Å²) >= 11 is -0.690. The smallest absolute Gasteiger partial charge is 0.147 e. The minimum Gasteiger partial charge on any atom is -0.147 e. The van der Waals surface area contributed by atoms with Crippen molar-refractivity contribution in [3.63, 3.8) is 0 Å². The predicted octanol–water partition coefficient (Wildman–Crippen LogP) is 6.35. The molecule has 0 aliphatic heterocycles. The van der Waals surface area contributed by atoms with Crippen LogP contribution in [0.25, 0.3) is 6.08 Å². The van der Waals surface area contributed by atoms with Crippen LogP contribution in [0.5, 0.6) is 0 Å². The van der Waals surface area contributed by atoms with Crippen LogP contribution in [0, 0.1) is 5.41 Å². The molecule has 3 rings (SSSR count). The Hall–Kier alpha value is -0.227. The van der Waals surface area contributed by atoms with Crippen molar-refractivity contribution in [1.29, 1.82) is 0 Å². The Morgan fingerprint density at radius 1 is 1.08 bits per heavy atom.